The monoisotopic (exact) mass is 453 g/mol. The Bertz CT molecular complexity index is 1210. The lowest BCUT2D eigenvalue weighted by molar-refractivity contribution is 0.103. The molecule has 4 aromatic rings. The second-order valence-electron chi connectivity index (χ2n) is 6.39. The fraction of sp³-hybridized carbons (Fsp3) is 0.182. The lowest BCUT2D eigenvalue weighted by atomic mass is 9.98. The highest BCUT2D eigenvalue weighted by Crippen LogP contribution is 2.39. The Kier molecular flexibility index (Phi) is 6.74. The second-order valence-corrected chi connectivity index (χ2v) is 7.28. The number of anilines is 1. The van der Waals surface area contributed by atoms with E-state index in [1.165, 1.54) is 50.0 Å². The number of hydrogen-bond acceptors (Lipinski definition) is 9. The molecular weight excluding hydrogens is 430 g/mol. The van der Waals surface area contributed by atoms with Crippen LogP contribution in [0.3, 0.4) is 0 Å². The van der Waals surface area contributed by atoms with Gasteiger partial charge in [0.1, 0.15) is 12.7 Å². The van der Waals surface area contributed by atoms with Crippen LogP contribution >= 0.6 is 11.3 Å². The van der Waals surface area contributed by atoms with Crippen molar-refractivity contribution in [3.63, 3.8) is 0 Å². The molecule has 0 unspecified atom stereocenters. The van der Waals surface area contributed by atoms with E-state index in [0.29, 0.717) is 39.2 Å². The molecule has 0 fully saturated rings. The van der Waals surface area contributed by atoms with E-state index in [-0.39, 0.29) is 13.2 Å². The predicted octanol–water partition coefficient (Wildman–Crippen LogP) is 3.87. The summed E-state index contributed by atoms with van der Waals surface area (Å²) in [6.45, 7) is 0. The smallest absolute Gasteiger partial charge is 0.203 e. The van der Waals surface area contributed by atoms with Crippen LogP contribution < -0.4 is 19.9 Å². The lowest BCUT2D eigenvalue weighted by Gasteiger charge is -2.15. The molecule has 166 valence electrons. The third kappa shape index (κ3) is 4.12. The minimum atomic E-state index is -0.242. The van der Waals surface area contributed by atoms with Gasteiger partial charge in [-0.3, -0.25) is 4.79 Å². The average molecular weight is 454 g/mol. The summed E-state index contributed by atoms with van der Waals surface area (Å²) in [4.78, 5) is 21.8. The molecule has 0 bridgehead atoms. The molecule has 4 rings (SSSR count). The number of ketones is 1. The van der Waals surface area contributed by atoms with Crippen molar-refractivity contribution in [1.29, 1.82) is 0 Å². The third-order valence-corrected chi connectivity index (χ3v) is 5.33. The van der Waals surface area contributed by atoms with Crippen molar-refractivity contribution >= 4 is 22.3 Å². The Morgan fingerprint density at radius 2 is 1.78 bits per heavy atom. The van der Waals surface area contributed by atoms with Crippen molar-refractivity contribution in [1.82, 2.24) is 19.7 Å². The number of nitrogens with two attached hydrogens (primary N) is 1. The van der Waals surface area contributed by atoms with Crippen LogP contribution in [0.4, 0.5) is 5.13 Å². The van der Waals surface area contributed by atoms with Crippen LogP contribution in [0, 0.1) is 0 Å². The van der Waals surface area contributed by atoms with Gasteiger partial charge in [-0.2, -0.15) is 5.10 Å². The van der Waals surface area contributed by atoms with Gasteiger partial charge in [-0.15, -0.1) is 11.3 Å². The van der Waals surface area contributed by atoms with Crippen LogP contribution in [0.1, 0.15) is 23.3 Å². The topological polar surface area (TPSA) is 114 Å². The maximum Gasteiger partial charge on any atom is 0.203 e. The van der Waals surface area contributed by atoms with Crippen molar-refractivity contribution in [2.24, 2.45) is 0 Å². The number of rotatable bonds is 7. The standard InChI is InChI=1S/C21H19N5O4S.CH4/c1-28-17-7-13(8-18(29-2)20(17)30-3)19(27)14-5-4-12(15-9-31-21(22)25-15)6-16(14)26-11-23-10-24-26;/h4-11H,1-3H3,(H2,22,25);1H4. The van der Waals surface area contributed by atoms with E-state index in [9.17, 15) is 4.79 Å². The average Bonchev–Trinajstić information content (AvgIpc) is 3.49. The molecule has 2 heterocycles. The number of nitrogen functional groups attached to an aromatic ring is 1. The van der Waals surface area contributed by atoms with Crippen molar-refractivity contribution in [2.75, 3.05) is 27.1 Å². The van der Waals surface area contributed by atoms with Crippen LogP contribution in [0.5, 0.6) is 17.2 Å². The molecule has 32 heavy (non-hydrogen) atoms. The predicted molar refractivity (Wildman–Crippen MR) is 123 cm³/mol. The molecule has 0 radical (unpaired) electrons. The summed E-state index contributed by atoms with van der Waals surface area (Å²) in [6, 6.07) is 8.61. The molecule has 0 aliphatic heterocycles. The first-order valence-corrected chi connectivity index (χ1v) is 9.98. The van der Waals surface area contributed by atoms with Crippen molar-refractivity contribution in [2.45, 2.75) is 7.43 Å². The first kappa shape index (κ1) is 22.8. The fourth-order valence-electron chi connectivity index (χ4n) is 3.19. The van der Waals surface area contributed by atoms with E-state index in [1.54, 1.807) is 18.2 Å². The highest BCUT2D eigenvalue weighted by molar-refractivity contribution is 7.13. The number of carbonyl (C=O) groups excluding carboxylic acids is 1. The number of carbonyl (C=O) groups is 1. The molecule has 10 heteroatoms. The SMILES string of the molecule is C.COc1cc(C(=O)c2ccc(-c3csc(N)n3)cc2-n2cncn2)cc(OC)c1OC. The number of benzene rings is 2. The molecule has 0 aliphatic rings. The number of aromatic nitrogens is 4. The van der Waals surface area contributed by atoms with Crippen molar-refractivity contribution < 1.29 is 19.0 Å². The molecule has 2 aromatic carbocycles. The van der Waals surface area contributed by atoms with Crippen LogP contribution in [0.25, 0.3) is 16.9 Å². The molecule has 2 N–H and O–H groups in total. The highest BCUT2D eigenvalue weighted by Gasteiger charge is 2.21. The first-order chi connectivity index (χ1) is 15.0. The Hall–Kier alpha value is -3.92. The molecule has 0 atom stereocenters. The molecule has 0 saturated carbocycles. The van der Waals surface area contributed by atoms with Crippen LogP contribution in [0.15, 0.2) is 48.4 Å². The molecule has 0 spiro atoms. The normalized spacial score (nSPS) is 10.3. The van der Waals surface area contributed by atoms with Crippen molar-refractivity contribution in [3.05, 3.63) is 59.5 Å². The van der Waals surface area contributed by atoms with E-state index >= 15 is 0 Å². The van der Waals surface area contributed by atoms with E-state index in [1.807, 2.05) is 17.5 Å². The summed E-state index contributed by atoms with van der Waals surface area (Å²) in [5.41, 5.74) is 8.65. The number of methoxy groups -OCH3 is 3. The van der Waals surface area contributed by atoms with Crippen molar-refractivity contribution in [3.8, 4) is 34.2 Å². The van der Waals surface area contributed by atoms with Gasteiger partial charge in [0, 0.05) is 22.1 Å². The second kappa shape index (κ2) is 9.48. The third-order valence-electron chi connectivity index (χ3n) is 4.65. The largest absolute Gasteiger partial charge is 0.493 e. The van der Waals surface area contributed by atoms with Gasteiger partial charge in [0.05, 0.1) is 32.7 Å². The molecule has 0 aliphatic carbocycles. The van der Waals surface area contributed by atoms with Crippen LogP contribution in [-0.4, -0.2) is 46.9 Å². The number of hydrogen-bond donors (Lipinski definition) is 1. The maximum absolute atomic E-state index is 13.5. The zero-order chi connectivity index (χ0) is 22.0. The van der Waals surface area contributed by atoms with E-state index < -0.39 is 0 Å². The van der Waals surface area contributed by atoms with Gasteiger partial charge in [0.25, 0.3) is 0 Å². The minimum absolute atomic E-state index is 0. The molecule has 2 aromatic heterocycles. The van der Waals surface area contributed by atoms with Gasteiger partial charge in [-0.1, -0.05) is 13.5 Å². The molecular formula is C22H23N5O4S. The highest BCUT2D eigenvalue weighted by atomic mass is 32.1. The quantitative estimate of drug-likeness (QED) is 0.420. The van der Waals surface area contributed by atoms with Crippen LogP contribution in [0.2, 0.25) is 0 Å². The van der Waals surface area contributed by atoms with Gasteiger partial charge in [-0.05, 0) is 24.3 Å². The molecule has 0 amide bonds. The number of ether oxygens (including phenoxy) is 3. The molecule has 9 nitrogen and oxygen atoms in total. The van der Waals surface area contributed by atoms with E-state index in [0.717, 1.165) is 11.3 Å². The zero-order valence-corrected chi connectivity index (χ0v) is 17.8. The number of nitrogens with zero attached hydrogens (tertiary/aromatic N) is 4. The summed E-state index contributed by atoms with van der Waals surface area (Å²) < 4.78 is 17.6. The van der Waals surface area contributed by atoms with Gasteiger partial charge < -0.3 is 19.9 Å². The summed E-state index contributed by atoms with van der Waals surface area (Å²) in [5.74, 6) is 0.952. The summed E-state index contributed by atoms with van der Waals surface area (Å²) in [6.07, 6.45) is 2.93. The van der Waals surface area contributed by atoms with Gasteiger partial charge in [0.15, 0.2) is 22.4 Å². The van der Waals surface area contributed by atoms with Gasteiger partial charge in [0.2, 0.25) is 5.75 Å². The first-order valence-electron chi connectivity index (χ1n) is 9.10. The van der Waals surface area contributed by atoms with Crippen LogP contribution in [-0.2, 0) is 0 Å². The Balaban J connectivity index is 0.00000289. The Labute approximate surface area is 189 Å². The van der Waals surface area contributed by atoms with E-state index in [4.69, 9.17) is 19.9 Å². The zero-order valence-electron chi connectivity index (χ0n) is 17.0. The van der Waals surface area contributed by atoms with E-state index in [2.05, 4.69) is 15.1 Å². The Morgan fingerprint density at radius 3 is 2.31 bits per heavy atom. The number of thiazole rings is 1. The van der Waals surface area contributed by atoms with Gasteiger partial charge in [-0.25, -0.2) is 14.6 Å². The fourth-order valence-corrected chi connectivity index (χ4v) is 3.77. The molecule has 0 saturated heterocycles. The Morgan fingerprint density at radius 1 is 1.06 bits per heavy atom. The lowest BCUT2D eigenvalue weighted by Crippen LogP contribution is -2.09. The maximum atomic E-state index is 13.5. The minimum Gasteiger partial charge on any atom is -0.493 e. The summed E-state index contributed by atoms with van der Waals surface area (Å²) in [7, 11) is 4.51. The summed E-state index contributed by atoms with van der Waals surface area (Å²) in [5, 5.41) is 6.52. The van der Waals surface area contributed by atoms with Gasteiger partial charge >= 0.3 is 0 Å². The summed E-state index contributed by atoms with van der Waals surface area (Å²) >= 11 is 1.35.